The quantitative estimate of drug-likeness (QED) is 0.715. The minimum absolute atomic E-state index is 0.0815. The molecule has 0 aromatic rings. The van der Waals surface area contributed by atoms with Crippen LogP contribution < -0.4 is 11.1 Å². The van der Waals surface area contributed by atoms with E-state index in [2.05, 4.69) is 10.1 Å². The summed E-state index contributed by atoms with van der Waals surface area (Å²) in [6.07, 6.45) is 1.03. The number of primary amides is 1. The fourth-order valence-electron chi connectivity index (χ4n) is 1.98. The number of rotatable bonds is 5. The van der Waals surface area contributed by atoms with Crippen LogP contribution in [0.4, 0.5) is 4.79 Å². The Kier molecular flexibility index (Phi) is 5.21. The van der Waals surface area contributed by atoms with Crippen molar-refractivity contribution in [1.82, 2.24) is 10.2 Å². The van der Waals surface area contributed by atoms with E-state index >= 15 is 0 Å². The molecule has 6 nitrogen and oxygen atoms in total. The predicted octanol–water partition coefficient (Wildman–Crippen LogP) is 0.0707. The zero-order valence-electron chi connectivity index (χ0n) is 10.4. The van der Waals surface area contributed by atoms with Gasteiger partial charge in [-0.2, -0.15) is 0 Å². The van der Waals surface area contributed by atoms with Crippen molar-refractivity contribution >= 4 is 12.0 Å². The Morgan fingerprint density at radius 1 is 1.65 bits per heavy atom. The molecule has 0 aromatic heterocycles. The Hall–Kier alpha value is -1.30. The van der Waals surface area contributed by atoms with Crippen LogP contribution in [0, 0.1) is 0 Å². The zero-order valence-corrected chi connectivity index (χ0v) is 10.4. The molecular formula is C11H21N3O3. The van der Waals surface area contributed by atoms with Crippen molar-refractivity contribution in [3.05, 3.63) is 0 Å². The van der Waals surface area contributed by atoms with Gasteiger partial charge in [0.15, 0.2) is 0 Å². The number of nitrogens with zero attached hydrogens (tertiary/aromatic N) is 1. The third-order valence-corrected chi connectivity index (χ3v) is 2.67. The highest BCUT2D eigenvalue weighted by atomic mass is 16.5. The van der Waals surface area contributed by atoms with Gasteiger partial charge in [-0.1, -0.05) is 13.8 Å². The lowest BCUT2D eigenvalue weighted by Crippen LogP contribution is -2.53. The molecule has 1 saturated heterocycles. The van der Waals surface area contributed by atoms with Crippen LogP contribution in [0.3, 0.4) is 0 Å². The third kappa shape index (κ3) is 4.60. The first kappa shape index (κ1) is 13.8. The number of hydrogen-bond donors (Lipinski definition) is 2. The number of likely N-dealkylation sites (tertiary alicyclic amines) is 1. The second kappa shape index (κ2) is 6.44. The van der Waals surface area contributed by atoms with Gasteiger partial charge in [-0.25, -0.2) is 4.79 Å². The number of nitrogens with two attached hydrogens (primary N) is 1. The Morgan fingerprint density at radius 2 is 2.35 bits per heavy atom. The van der Waals surface area contributed by atoms with Crippen molar-refractivity contribution in [3.63, 3.8) is 0 Å². The molecule has 0 spiro atoms. The Labute approximate surface area is 101 Å². The van der Waals surface area contributed by atoms with Crippen molar-refractivity contribution in [2.45, 2.75) is 38.8 Å². The molecule has 3 N–H and O–H groups in total. The lowest BCUT2D eigenvalue weighted by Gasteiger charge is -2.33. The van der Waals surface area contributed by atoms with Crippen molar-refractivity contribution in [3.8, 4) is 0 Å². The van der Waals surface area contributed by atoms with Crippen LogP contribution in [-0.4, -0.2) is 48.7 Å². The fraction of sp³-hybridized carbons (Fsp3) is 0.818. The van der Waals surface area contributed by atoms with Gasteiger partial charge in [0.1, 0.15) is 6.61 Å². The molecule has 98 valence electrons. The molecule has 1 aliphatic heterocycles. The number of hydrogen-bond acceptors (Lipinski definition) is 4. The number of ether oxygens (including phenoxy) is 1. The lowest BCUT2D eigenvalue weighted by atomic mass is 10.0. The topological polar surface area (TPSA) is 84.7 Å². The first-order chi connectivity index (χ1) is 8.00. The molecule has 1 unspecified atom stereocenters. The molecule has 1 atom stereocenters. The van der Waals surface area contributed by atoms with Crippen LogP contribution in [0.5, 0.6) is 0 Å². The molecule has 2 amide bonds. The SMILES string of the molecule is CC(C)NC1CCCN(CCOC(N)=O)C1=O. The highest BCUT2D eigenvalue weighted by molar-refractivity contribution is 5.82. The van der Waals surface area contributed by atoms with Crippen molar-refractivity contribution in [2.24, 2.45) is 5.73 Å². The summed E-state index contributed by atoms with van der Waals surface area (Å²) in [6, 6.07) is 0.170. The third-order valence-electron chi connectivity index (χ3n) is 2.67. The van der Waals surface area contributed by atoms with Crippen molar-refractivity contribution in [2.75, 3.05) is 19.7 Å². The van der Waals surface area contributed by atoms with Crippen LogP contribution in [0.15, 0.2) is 0 Å². The normalized spacial score (nSPS) is 20.8. The average molecular weight is 243 g/mol. The van der Waals surface area contributed by atoms with Gasteiger partial charge >= 0.3 is 6.09 Å². The lowest BCUT2D eigenvalue weighted by molar-refractivity contribution is -0.136. The summed E-state index contributed by atoms with van der Waals surface area (Å²) in [7, 11) is 0. The molecule has 0 aliphatic carbocycles. The smallest absolute Gasteiger partial charge is 0.404 e. The summed E-state index contributed by atoms with van der Waals surface area (Å²) in [6.45, 7) is 5.33. The van der Waals surface area contributed by atoms with Crippen LogP contribution in [0.1, 0.15) is 26.7 Å². The van der Waals surface area contributed by atoms with E-state index < -0.39 is 6.09 Å². The summed E-state index contributed by atoms with van der Waals surface area (Å²) in [5.41, 5.74) is 4.86. The summed E-state index contributed by atoms with van der Waals surface area (Å²) < 4.78 is 4.63. The van der Waals surface area contributed by atoms with Gasteiger partial charge in [0.05, 0.1) is 12.6 Å². The molecule has 6 heteroatoms. The molecule has 0 aromatic carbocycles. The van der Waals surface area contributed by atoms with Crippen LogP contribution in [0.25, 0.3) is 0 Å². The van der Waals surface area contributed by atoms with Gasteiger partial charge in [0.2, 0.25) is 5.91 Å². The second-order valence-electron chi connectivity index (χ2n) is 4.51. The monoisotopic (exact) mass is 243 g/mol. The second-order valence-corrected chi connectivity index (χ2v) is 4.51. The first-order valence-electron chi connectivity index (χ1n) is 5.97. The first-order valence-corrected chi connectivity index (χ1v) is 5.97. The highest BCUT2D eigenvalue weighted by Crippen LogP contribution is 2.12. The largest absolute Gasteiger partial charge is 0.448 e. The van der Waals surface area contributed by atoms with Crippen LogP contribution >= 0.6 is 0 Å². The molecule has 17 heavy (non-hydrogen) atoms. The van der Waals surface area contributed by atoms with Gasteiger partial charge < -0.3 is 20.7 Å². The summed E-state index contributed by atoms with van der Waals surface area (Å²) in [5, 5.41) is 3.24. The summed E-state index contributed by atoms with van der Waals surface area (Å²) in [4.78, 5) is 24.2. The minimum Gasteiger partial charge on any atom is -0.448 e. The number of piperidine rings is 1. The minimum atomic E-state index is -0.800. The van der Waals surface area contributed by atoms with Gasteiger partial charge in [-0.05, 0) is 12.8 Å². The molecule has 0 radical (unpaired) electrons. The molecule has 1 rings (SSSR count). The maximum atomic E-state index is 12.0. The summed E-state index contributed by atoms with van der Waals surface area (Å²) in [5.74, 6) is 0.0815. The number of carbonyl (C=O) groups excluding carboxylic acids is 2. The van der Waals surface area contributed by atoms with Crippen molar-refractivity contribution in [1.29, 1.82) is 0 Å². The van der Waals surface area contributed by atoms with Crippen LogP contribution in [0.2, 0.25) is 0 Å². The van der Waals surface area contributed by atoms with E-state index in [9.17, 15) is 9.59 Å². The van der Waals surface area contributed by atoms with E-state index in [0.29, 0.717) is 6.54 Å². The maximum absolute atomic E-state index is 12.0. The van der Waals surface area contributed by atoms with E-state index in [4.69, 9.17) is 5.73 Å². The molecule has 1 heterocycles. The predicted molar refractivity (Wildman–Crippen MR) is 63.4 cm³/mol. The Morgan fingerprint density at radius 3 is 2.94 bits per heavy atom. The number of nitrogens with one attached hydrogen (secondary N) is 1. The molecular weight excluding hydrogens is 222 g/mol. The van der Waals surface area contributed by atoms with Crippen LogP contribution in [-0.2, 0) is 9.53 Å². The standard InChI is InChI=1S/C11H21N3O3/c1-8(2)13-9-4-3-5-14(10(9)15)6-7-17-11(12)16/h8-9,13H,3-7H2,1-2H3,(H2,12,16). The van der Waals surface area contributed by atoms with E-state index in [1.54, 1.807) is 4.90 Å². The van der Waals surface area contributed by atoms with Gasteiger partial charge in [0, 0.05) is 12.6 Å². The maximum Gasteiger partial charge on any atom is 0.404 e. The summed E-state index contributed by atoms with van der Waals surface area (Å²) >= 11 is 0. The van der Waals surface area contributed by atoms with E-state index in [-0.39, 0.29) is 24.6 Å². The zero-order chi connectivity index (χ0) is 12.8. The van der Waals surface area contributed by atoms with Gasteiger partial charge in [0.25, 0.3) is 0 Å². The van der Waals surface area contributed by atoms with E-state index in [1.165, 1.54) is 0 Å². The van der Waals surface area contributed by atoms with Gasteiger partial charge in [-0.3, -0.25) is 4.79 Å². The van der Waals surface area contributed by atoms with E-state index in [0.717, 1.165) is 19.4 Å². The Balaban J connectivity index is 2.39. The molecule has 1 aliphatic rings. The Bertz CT molecular complexity index is 281. The number of amides is 2. The number of carbonyl (C=O) groups is 2. The van der Waals surface area contributed by atoms with E-state index in [1.807, 2.05) is 13.8 Å². The average Bonchev–Trinajstić information content (AvgIpc) is 2.22. The molecule has 0 bridgehead atoms. The van der Waals surface area contributed by atoms with Gasteiger partial charge in [-0.15, -0.1) is 0 Å². The highest BCUT2D eigenvalue weighted by Gasteiger charge is 2.28. The molecule has 0 saturated carbocycles. The molecule has 1 fully saturated rings. The fourth-order valence-corrected chi connectivity index (χ4v) is 1.98. The van der Waals surface area contributed by atoms with Crippen molar-refractivity contribution < 1.29 is 14.3 Å².